The van der Waals surface area contributed by atoms with Gasteiger partial charge < -0.3 is 15.0 Å². The van der Waals surface area contributed by atoms with E-state index >= 15 is 0 Å². The first kappa shape index (κ1) is 22.3. The monoisotopic (exact) mass is 435 g/mol. The largest absolute Gasteiger partial charge is 0.497 e. The molecule has 0 bridgehead atoms. The number of benzene rings is 2. The molecule has 32 heavy (non-hydrogen) atoms. The van der Waals surface area contributed by atoms with Crippen molar-refractivity contribution in [2.24, 2.45) is 5.92 Å². The van der Waals surface area contributed by atoms with Crippen LogP contribution in [0.5, 0.6) is 5.75 Å². The Balaban J connectivity index is 1.36. The molecule has 1 N–H and O–H groups in total. The molecular formula is C26H33N3O3. The van der Waals surface area contributed by atoms with E-state index < -0.39 is 0 Å². The minimum absolute atomic E-state index is 0.0297. The van der Waals surface area contributed by atoms with Gasteiger partial charge in [0, 0.05) is 43.9 Å². The van der Waals surface area contributed by atoms with Crippen LogP contribution >= 0.6 is 0 Å². The van der Waals surface area contributed by atoms with Crippen LogP contribution in [0.1, 0.15) is 43.7 Å². The van der Waals surface area contributed by atoms with Crippen LogP contribution in [0.15, 0.2) is 48.5 Å². The number of ether oxygens (including phenoxy) is 1. The summed E-state index contributed by atoms with van der Waals surface area (Å²) < 4.78 is 5.26. The Labute approximate surface area is 190 Å². The smallest absolute Gasteiger partial charge is 0.227 e. The molecule has 2 saturated heterocycles. The summed E-state index contributed by atoms with van der Waals surface area (Å²) in [5.41, 5.74) is 3.18. The van der Waals surface area contributed by atoms with Gasteiger partial charge >= 0.3 is 0 Å². The molecule has 0 aromatic heterocycles. The van der Waals surface area contributed by atoms with Crippen molar-refractivity contribution in [3.8, 4) is 5.75 Å². The molecule has 2 heterocycles. The molecule has 2 atom stereocenters. The Morgan fingerprint density at radius 3 is 2.72 bits per heavy atom. The van der Waals surface area contributed by atoms with Crippen LogP contribution in [0.2, 0.25) is 0 Å². The lowest BCUT2D eigenvalue weighted by atomic mass is 10.0. The van der Waals surface area contributed by atoms with Gasteiger partial charge in [0.1, 0.15) is 5.75 Å². The zero-order valence-electron chi connectivity index (χ0n) is 19.0. The van der Waals surface area contributed by atoms with Gasteiger partial charge in [0.15, 0.2) is 0 Å². The van der Waals surface area contributed by atoms with E-state index in [0.29, 0.717) is 24.9 Å². The highest BCUT2D eigenvalue weighted by atomic mass is 16.5. The van der Waals surface area contributed by atoms with Gasteiger partial charge in [-0.3, -0.25) is 14.5 Å². The Morgan fingerprint density at radius 1 is 1.12 bits per heavy atom. The van der Waals surface area contributed by atoms with Crippen molar-refractivity contribution in [2.75, 3.05) is 25.1 Å². The van der Waals surface area contributed by atoms with Crippen LogP contribution < -0.4 is 15.0 Å². The number of anilines is 1. The molecule has 6 nitrogen and oxygen atoms in total. The van der Waals surface area contributed by atoms with Crippen molar-refractivity contribution in [1.82, 2.24) is 10.2 Å². The summed E-state index contributed by atoms with van der Waals surface area (Å²) in [5, 5.41) is 3.08. The summed E-state index contributed by atoms with van der Waals surface area (Å²) in [4.78, 5) is 29.7. The third-order valence-corrected chi connectivity index (χ3v) is 6.75. The minimum Gasteiger partial charge on any atom is -0.497 e. The second kappa shape index (κ2) is 10.2. The van der Waals surface area contributed by atoms with Crippen molar-refractivity contribution >= 4 is 17.5 Å². The third-order valence-electron chi connectivity index (χ3n) is 6.75. The predicted octanol–water partition coefficient (Wildman–Crippen LogP) is 3.74. The standard InChI is InChI=1S/C26H33N3O3/c1-19-8-5-6-13-28(19)17-21-10-4-3-9-20(21)16-27-26(31)22-14-25(30)29(18-22)23-11-7-12-24(15-23)32-2/h3-4,7,9-12,15,19,22H,5-6,8,13-14,16-18H2,1-2H3,(H,27,31). The quantitative estimate of drug-likeness (QED) is 0.720. The van der Waals surface area contributed by atoms with Gasteiger partial charge in [-0.15, -0.1) is 0 Å². The third kappa shape index (κ3) is 5.13. The fourth-order valence-electron chi connectivity index (χ4n) is 4.73. The van der Waals surface area contributed by atoms with E-state index in [1.165, 1.54) is 24.8 Å². The maximum atomic E-state index is 12.9. The van der Waals surface area contributed by atoms with Gasteiger partial charge in [0.2, 0.25) is 11.8 Å². The Bertz CT molecular complexity index is 961. The predicted molar refractivity (Wildman–Crippen MR) is 125 cm³/mol. The summed E-state index contributed by atoms with van der Waals surface area (Å²) in [6.45, 7) is 5.23. The molecule has 2 aromatic rings. The van der Waals surface area contributed by atoms with Crippen molar-refractivity contribution in [3.05, 3.63) is 59.7 Å². The molecule has 4 rings (SSSR count). The number of hydrogen-bond donors (Lipinski definition) is 1. The van der Waals surface area contributed by atoms with Crippen LogP contribution in [0.3, 0.4) is 0 Å². The van der Waals surface area contributed by atoms with Gasteiger partial charge in [0.05, 0.1) is 13.0 Å². The first-order valence-corrected chi connectivity index (χ1v) is 11.6. The lowest BCUT2D eigenvalue weighted by Gasteiger charge is -2.33. The number of amides is 2. The minimum atomic E-state index is -0.344. The summed E-state index contributed by atoms with van der Waals surface area (Å²) in [7, 11) is 1.60. The lowest BCUT2D eigenvalue weighted by Crippen LogP contribution is -2.37. The van der Waals surface area contributed by atoms with E-state index in [0.717, 1.165) is 24.3 Å². The van der Waals surface area contributed by atoms with Crippen LogP contribution in [-0.2, 0) is 22.7 Å². The van der Waals surface area contributed by atoms with E-state index in [2.05, 4.69) is 35.3 Å². The molecular weight excluding hydrogens is 402 g/mol. The van der Waals surface area contributed by atoms with Crippen molar-refractivity contribution in [2.45, 2.75) is 51.7 Å². The molecule has 2 aromatic carbocycles. The highest BCUT2D eigenvalue weighted by molar-refractivity contribution is 6.00. The molecule has 0 aliphatic carbocycles. The van der Waals surface area contributed by atoms with E-state index in [1.54, 1.807) is 12.0 Å². The number of carbonyl (C=O) groups is 2. The van der Waals surface area contributed by atoms with Crippen LogP contribution in [-0.4, -0.2) is 43.0 Å². The van der Waals surface area contributed by atoms with Gasteiger partial charge in [-0.05, 0) is 49.6 Å². The second-order valence-electron chi connectivity index (χ2n) is 8.91. The molecule has 0 radical (unpaired) electrons. The molecule has 2 aliphatic heterocycles. The van der Waals surface area contributed by atoms with Crippen LogP contribution in [0, 0.1) is 5.92 Å². The number of rotatable bonds is 7. The number of carbonyl (C=O) groups excluding carboxylic acids is 2. The fraction of sp³-hybridized carbons (Fsp3) is 0.462. The number of hydrogen-bond acceptors (Lipinski definition) is 4. The molecule has 2 aliphatic rings. The van der Waals surface area contributed by atoms with Gasteiger partial charge in [-0.2, -0.15) is 0 Å². The van der Waals surface area contributed by atoms with Crippen LogP contribution in [0.4, 0.5) is 5.69 Å². The number of nitrogens with zero attached hydrogens (tertiary/aromatic N) is 2. The van der Waals surface area contributed by atoms with Crippen molar-refractivity contribution in [1.29, 1.82) is 0 Å². The molecule has 6 heteroatoms. The van der Waals surface area contributed by atoms with Gasteiger partial charge in [-0.25, -0.2) is 0 Å². The maximum Gasteiger partial charge on any atom is 0.227 e. The Hall–Kier alpha value is -2.86. The molecule has 2 amide bonds. The van der Waals surface area contributed by atoms with E-state index in [9.17, 15) is 9.59 Å². The molecule has 170 valence electrons. The van der Waals surface area contributed by atoms with E-state index in [4.69, 9.17) is 4.74 Å². The molecule has 2 fully saturated rings. The number of methoxy groups -OCH3 is 1. The summed E-state index contributed by atoms with van der Waals surface area (Å²) in [6.07, 6.45) is 4.04. The molecule has 2 unspecified atom stereocenters. The SMILES string of the molecule is COc1cccc(N2CC(C(=O)NCc3ccccc3CN3CCCCC3C)CC2=O)c1. The fourth-order valence-corrected chi connectivity index (χ4v) is 4.73. The summed E-state index contributed by atoms with van der Waals surface area (Å²) in [6, 6.07) is 16.3. The van der Waals surface area contributed by atoms with E-state index in [1.807, 2.05) is 30.3 Å². The topological polar surface area (TPSA) is 61.9 Å². The van der Waals surface area contributed by atoms with Crippen LogP contribution in [0.25, 0.3) is 0 Å². The number of piperidine rings is 1. The average Bonchev–Trinajstić information content (AvgIpc) is 3.21. The summed E-state index contributed by atoms with van der Waals surface area (Å²) in [5.74, 6) is 0.258. The van der Waals surface area contributed by atoms with Crippen molar-refractivity contribution in [3.63, 3.8) is 0 Å². The zero-order chi connectivity index (χ0) is 22.5. The number of likely N-dealkylation sites (tertiary alicyclic amines) is 1. The normalized spacial score (nSPS) is 21.6. The van der Waals surface area contributed by atoms with E-state index in [-0.39, 0.29) is 24.2 Å². The highest BCUT2D eigenvalue weighted by Gasteiger charge is 2.35. The molecule has 0 spiro atoms. The maximum absolute atomic E-state index is 12.9. The zero-order valence-corrected chi connectivity index (χ0v) is 19.0. The first-order valence-electron chi connectivity index (χ1n) is 11.6. The lowest BCUT2D eigenvalue weighted by molar-refractivity contribution is -0.126. The Kier molecular flexibility index (Phi) is 7.10. The second-order valence-corrected chi connectivity index (χ2v) is 8.91. The first-order chi connectivity index (χ1) is 15.5. The van der Waals surface area contributed by atoms with Crippen molar-refractivity contribution < 1.29 is 14.3 Å². The van der Waals surface area contributed by atoms with Gasteiger partial charge in [0.25, 0.3) is 0 Å². The molecule has 0 saturated carbocycles. The average molecular weight is 436 g/mol. The Morgan fingerprint density at radius 2 is 1.94 bits per heavy atom. The van der Waals surface area contributed by atoms with Gasteiger partial charge in [-0.1, -0.05) is 36.8 Å². The number of nitrogens with one attached hydrogen (secondary N) is 1. The highest BCUT2D eigenvalue weighted by Crippen LogP contribution is 2.28. The summed E-state index contributed by atoms with van der Waals surface area (Å²) >= 11 is 0.